The Balaban J connectivity index is 1.70. The third kappa shape index (κ3) is 5.34. The van der Waals surface area contributed by atoms with Gasteiger partial charge in [-0.05, 0) is 26.2 Å². The summed E-state index contributed by atoms with van der Waals surface area (Å²) >= 11 is 0. The van der Waals surface area contributed by atoms with Gasteiger partial charge in [0.15, 0.2) is 5.82 Å². The summed E-state index contributed by atoms with van der Waals surface area (Å²) in [4.78, 5) is 23.0. The van der Waals surface area contributed by atoms with Gasteiger partial charge in [-0.3, -0.25) is 0 Å². The van der Waals surface area contributed by atoms with Gasteiger partial charge >= 0.3 is 6.09 Å². The molecule has 0 atom stereocenters. The first-order valence-electron chi connectivity index (χ1n) is 10.1. The lowest BCUT2D eigenvalue weighted by atomic mass is 10.1. The van der Waals surface area contributed by atoms with Gasteiger partial charge in [-0.2, -0.15) is 0 Å². The van der Waals surface area contributed by atoms with E-state index in [0.717, 1.165) is 43.0 Å². The Morgan fingerprint density at radius 3 is 2.54 bits per heavy atom. The van der Waals surface area contributed by atoms with Crippen LogP contribution in [0.15, 0.2) is 36.4 Å². The molecule has 2 aromatic rings. The molecule has 0 saturated carbocycles. The monoisotopic (exact) mass is 383 g/mol. The molecule has 7 heteroatoms. The minimum atomic E-state index is -0.222. The average Bonchev–Trinajstić information content (AvgIpc) is 2.73. The van der Waals surface area contributed by atoms with Crippen LogP contribution < -0.4 is 10.6 Å². The normalized spacial score (nSPS) is 14.6. The summed E-state index contributed by atoms with van der Waals surface area (Å²) in [5, 5.41) is 6.89. The van der Waals surface area contributed by atoms with Gasteiger partial charge in [0.1, 0.15) is 11.6 Å². The van der Waals surface area contributed by atoms with Crippen molar-refractivity contribution in [3.8, 4) is 11.4 Å². The van der Waals surface area contributed by atoms with Gasteiger partial charge in [0, 0.05) is 37.3 Å². The molecule has 1 aliphatic heterocycles. The molecular formula is C21H29N5O2. The molecule has 1 saturated heterocycles. The maximum atomic E-state index is 11.9. The number of carbonyl (C=O) groups excluding carboxylic acids is 1. The minimum Gasteiger partial charge on any atom is -0.450 e. The number of nitrogens with zero attached hydrogens (tertiary/aromatic N) is 3. The quantitative estimate of drug-likeness (QED) is 0.752. The molecule has 0 unspecified atom stereocenters. The molecule has 7 nitrogen and oxygen atoms in total. The van der Waals surface area contributed by atoms with Crippen molar-refractivity contribution < 1.29 is 9.53 Å². The van der Waals surface area contributed by atoms with Gasteiger partial charge < -0.3 is 20.3 Å². The number of anilines is 2. The largest absolute Gasteiger partial charge is 0.450 e. The molecule has 0 spiro atoms. The van der Waals surface area contributed by atoms with Crippen LogP contribution >= 0.6 is 0 Å². The van der Waals surface area contributed by atoms with Gasteiger partial charge in [0.05, 0.1) is 6.61 Å². The van der Waals surface area contributed by atoms with E-state index < -0.39 is 0 Å². The van der Waals surface area contributed by atoms with Crippen molar-refractivity contribution in [2.45, 2.75) is 39.2 Å². The molecule has 28 heavy (non-hydrogen) atoms. The lowest BCUT2D eigenvalue weighted by Gasteiger charge is -2.32. The minimum absolute atomic E-state index is 0.222. The third-order valence-electron chi connectivity index (χ3n) is 4.69. The predicted octanol–water partition coefficient (Wildman–Crippen LogP) is 4.00. The van der Waals surface area contributed by atoms with Crippen molar-refractivity contribution in [3.05, 3.63) is 36.4 Å². The molecule has 2 N–H and O–H groups in total. The van der Waals surface area contributed by atoms with Crippen LogP contribution in [0.4, 0.5) is 16.4 Å². The number of hydrogen-bond donors (Lipinski definition) is 2. The molecule has 1 aromatic heterocycles. The molecule has 0 bridgehead atoms. The van der Waals surface area contributed by atoms with Gasteiger partial charge in [0.25, 0.3) is 0 Å². The van der Waals surface area contributed by atoms with Crippen LogP contribution in [0.2, 0.25) is 0 Å². The molecule has 2 heterocycles. The second-order valence-corrected chi connectivity index (χ2v) is 6.86. The van der Waals surface area contributed by atoms with Gasteiger partial charge in [0.2, 0.25) is 0 Å². The Labute approximate surface area is 166 Å². The van der Waals surface area contributed by atoms with Crippen LogP contribution in [-0.2, 0) is 4.74 Å². The Bertz CT molecular complexity index is 761. The van der Waals surface area contributed by atoms with E-state index in [2.05, 4.69) is 22.5 Å². The van der Waals surface area contributed by atoms with Gasteiger partial charge in [-0.15, -0.1) is 0 Å². The first kappa shape index (κ1) is 19.9. The maximum Gasteiger partial charge on any atom is 0.409 e. The first-order chi connectivity index (χ1) is 13.7. The van der Waals surface area contributed by atoms with Crippen molar-refractivity contribution in [1.29, 1.82) is 0 Å². The third-order valence-corrected chi connectivity index (χ3v) is 4.69. The molecule has 1 fully saturated rings. The highest BCUT2D eigenvalue weighted by Crippen LogP contribution is 2.22. The van der Waals surface area contributed by atoms with Crippen molar-refractivity contribution in [2.75, 3.05) is 36.9 Å². The molecular weight excluding hydrogens is 354 g/mol. The standard InChI is InChI=1S/C21H29N5O2/c1-3-12-22-18-15-19(25-20(24-18)16-8-6-5-7-9-16)23-17-10-13-26(14-11-17)21(27)28-4-2/h5-9,15,17H,3-4,10-14H2,1-2H3,(H2,22,23,24,25). The topological polar surface area (TPSA) is 79.4 Å². The van der Waals surface area contributed by atoms with Crippen LogP contribution in [0.3, 0.4) is 0 Å². The van der Waals surface area contributed by atoms with Crippen LogP contribution in [0.1, 0.15) is 33.1 Å². The van der Waals surface area contributed by atoms with Crippen LogP contribution in [0.5, 0.6) is 0 Å². The molecule has 1 aliphatic rings. The molecule has 0 radical (unpaired) electrons. The first-order valence-corrected chi connectivity index (χ1v) is 10.1. The zero-order chi connectivity index (χ0) is 19.8. The Morgan fingerprint density at radius 2 is 1.86 bits per heavy atom. The highest BCUT2D eigenvalue weighted by Gasteiger charge is 2.24. The van der Waals surface area contributed by atoms with Gasteiger partial charge in [-0.1, -0.05) is 37.3 Å². The fraction of sp³-hybridized carbons (Fsp3) is 0.476. The molecule has 150 valence electrons. The van der Waals surface area contributed by atoms with E-state index in [1.54, 1.807) is 4.90 Å². The van der Waals surface area contributed by atoms with E-state index in [1.807, 2.05) is 43.3 Å². The number of benzene rings is 1. The van der Waals surface area contributed by atoms with Crippen LogP contribution in [0.25, 0.3) is 11.4 Å². The van der Waals surface area contributed by atoms with Crippen molar-refractivity contribution in [1.82, 2.24) is 14.9 Å². The van der Waals surface area contributed by atoms with Crippen molar-refractivity contribution in [2.24, 2.45) is 0 Å². The molecule has 1 aromatic carbocycles. The SMILES string of the molecule is CCCNc1cc(NC2CCN(C(=O)OCC)CC2)nc(-c2ccccc2)n1. The molecule has 0 aliphatic carbocycles. The lowest BCUT2D eigenvalue weighted by Crippen LogP contribution is -2.42. The smallest absolute Gasteiger partial charge is 0.409 e. The fourth-order valence-electron chi connectivity index (χ4n) is 3.21. The zero-order valence-corrected chi connectivity index (χ0v) is 16.6. The summed E-state index contributed by atoms with van der Waals surface area (Å²) in [6, 6.07) is 12.2. The highest BCUT2D eigenvalue weighted by atomic mass is 16.6. The lowest BCUT2D eigenvalue weighted by molar-refractivity contribution is 0.0983. The number of nitrogens with one attached hydrogen (secondary N) is 2. The summed E-state index contributed by atoms with van der Waals surface area (Å²) in [6.45, 7) is 6.61. The number of amides is 1. The number of aromatic nitrogens is 2. The summed E-state index contributed by atoms with van der Waals surface area (Å²) in [6.07, 6.45) is 2.53. The predicted molar refractivity (Wildman–Crippen MR) is 111 cm³/mol. The summed E-state index contributed by atoms with van der Waals surface area (Å²) < 4.78 is 5.09. The summed E-state index contributed by atoms with van der Waals surface area (Å²) in [5.41, 5.74) is 0.989. The van der Waals surface area contributed by atoms with Crippen LogP contribution in [-0.4, -0.2) is 53.2 Å². The van der Waals surface area contributed by atoms with E-state index in [1.165, 1.54) is 0 Å². The number of hydrogen-bond acceptors (Lipinski definition) is 6. The molecule has 3 rings (SSSR count). The molecule has 1 amide bonds. The highest BCUT2D eigenvalue weighted by molar-refractivity contribution is 5.67. The Morgan fingerprint density at radius 1 is 1.14 bits per heavy atom. The number of rotatable bonds is 7. The van der Waals surface area contributed by atoms with E-state index in [9.17, 15) is 4.79 Å². The van der Waals surface area contributed by atoms with Crippen molar-refractivity contribution >= 4 is 17.7 Å². The number of likely N-dealkylation sites (tertiary alicyclic amines) is 1. The summed E-state index contributed by atoms with van der Waals surface area (Å²) in [7, 11) is 0. The van der Waals surface area contributed by atoms with Crippen molar-refractivity contribution in [3.63, 3.8) is 0 Å². The van der Waals surface area contributed by atoms with E-state index in [0.29, 0.717) is 25.5 Å². The van der Waals surface area contributed by atoms with Gasteiger partial charge in [-0.25, -0.2) is 14.8 Å². The van der Waals surface area contributed by atoms with Crippen LogP contribution in [0, 0.1) is 0 Å². The fourth-order valence-corrected chi connectivity index (χ4v) is 3.21. The number of piperidine rings is 1. The number of carbonyl (C=O) groups is 1. The average molecular weight is 383 g/mol. The second kappa shape index (κ2) is 9.92. The summed E-state index contributed by atoms with van der Waals surface area (Å²) in [5.74, 6) is 2.33. The zero-order valence-electron chi connectivity index (χ0n) is 16.6. The van der Waals surface area contributed by atoms with E-state index in [4.69, 9.17) is 9.72 Å². The second-order valence-electron chi connectivity index (χ2n) is 6.86. The van der Waals surface area contributed by atoms with E-state index in [-0.39, 0.29) is 12.1 Å². The Hall–Kier alpha value is -2.83. The number of ether oxygens (including phenoxy) is 1. The maximum absolute atomic E-state index is 11.9. The van der Waals surface area contributed by atoms with E-state index >= 15 is 0 Å². The Kier molecular flexibility index (Phi) is 7.06.